The highest BCUT2D eigenvalue weighted by Gasteiger charge is 2.39. The summed E-state index contributed by atoms with van der Waals surface area (Å²) in [5.74, 6) is 1.15. The average molecular weight is 327 g/mol. The molecule has 2 aromatic carbocycles. The lowest BCUT2D eigenvalue weighted by Gasteiger charge is -2.12. The van der Waals surface area contributed by atoms with E-state index in [-0.39, 0.29) is 11.6 Å². The Kier molecular flexibility index (Phi) is 4.77. The Bertz CT molecular complexity index is 773. The highest BCUT2D eigenvalue weighted by Crippen LogP contribution is 2.25. The Morgan fingerprint density at radius 2 is 1.79 bits per heavy atom. The van der Waals surface area contributed by atoms with Gasteiger partial charge in [-0.25, -0.2) is 9.69 Å². The van der Waals surface area contributed by atoms with E-state index >= 15 is 0 Å². The Morgan fingerprint density at radius 1 is 1.08 bits per heavy atom. The number of ether oxygens (including phenoxy) is 2. The van der Waals surface area contributed by atoms with Gasteiger partial charge in [0.15, 0.2) is 11.5 Å². The molecule has 1 heterocycles. The van der Waals surface area contributed by atoms with Crippen LogP contribution in [0.4, 0.5) is 5.69 Å². The zero-order valence-corrected chi connectivity index (χ0v) is 13.4. The van der Waals surface area contributed by atoms with E-state index in [0.29, 0.717) is 41.5 Å². The Morgan fingerprint density at radius 3 is 2.54 bits per heavy atom. The summed E-state index contributed by atoms with van der Waals surface area (Å²) in [4.78, 5) is 13.0. The molecular formula is C18H19N2O4+. The van der Waals surface area contributed by atoms with Crippen molar-refractivity contribution in [1.82, 2.24) is 0 Å². The zero-order valence-electron chi connectivity index (χ0n) is 13.4. The molecule has 6 nitrogen and oxygen atoms in total. The summed E-state index contributed by atoms with van der Waals surface area (Å²) in [6.45, 7) is 1.02. The summed E-state index contributed by atoms with van der Waals surface area (Å²) in [6, 6.07) is 14.8. The summed E-state index contributed by atoms with van der Waals surface area (Å²) in [6.07, 6.45) is 0.673. The molecule has 0 saturated carbocycles. The molecule has 0 fully saturated rings. The molecule has 0 radical (unpaired) electrons. The molecule has 1 aliphatic rings. The van der Waals surface area contributed by atoms with Crippen LogP contribution < -0.4 is 14.4 Å². The maximum atomic E-state index is 12.4. The van der Waals surface area contributed by atoms with Gasteiger partial charge in [-0.15, -0.1) is 0 Å². The minimum Gasteiger partial charge on any atom is -0.493 e. The number of nitrogens with zero attached hydrogens (tertiary/aromatic N) is 1. The van der Waals surface area contributed by atoms with Gasteiger partial charge in [-0.05, 0) is 18.2 Å². The van der Waals surface area contributed by atoms with E-state index in [1.807, 2.05) is 42.5 Å². The van der Waals surface area contributed by atoms with Gasteiger partial charge >= 0.3 is 5.91 Å². The number of benzene rings is 2. The maximum absolute atomic E-state index is 12.4. The molecule has 0 spiro atoms. The largest absolute Gasteiger partial charge is 0.493 e. The zero-order chi connectivity index (χ0) is 16.9. The number of carbonyl (C=O) groups is 1. The number of fused-ring (bicyclic) bond motifs is 1. The van der Waals surface area contributed by atoms with Crippen molar-refractivity contribution < 1.29 is 24.4 Å². The monoisotopic (exact) mass is 327 g/mol. The van der Waals surface area contributed by atoms with Crippen LogP contribution >= 0.6 is 0 Å². The minimum atomic E-state index is -0.212. The molecule has 0 saturated heterocycles. The highest BCUT2D eigenvalue weighted by molar-refractivity contribution is 6.45. The summed E-state index contributed by atoms with van der Waals surface area (Å²) < 4.78 is 11.0. The van der Waals surface area contributed by atoms with Gasteiger partial charge in [0.2, 0.25) is 5.71 Å². The first-order valence-corrected chi connectivity index (χ1v) is 7.74. The molecule has 0 aromatic heterocycles. The van der Waals surface area contributed by atoms with Crippen LogP contribution in [0.2, 0.25) is 0 Å². The number of amides is 1. The molecular weight excluding hydrogens is 308 g/mol. The smallest absolute Gasteiger partial charge is 0.372 e. The third kappa shape index (κ3) is 2.96. The van der Waals surface area contributed by atoms with Crippen LogP contribution in [0.1, 0.15) is 12.0 Å². The van der Waals surface area contributed by atoms with E-state index in [0.717, 1.165) is 5.69 Å². The van der Waals surface area contributed by atoms with Crippen LogP contribution in [0.15, 0.2) is 53.7 Å². The number of carbonyl (C=O) groups excluding carboxylic acids is 1. The standard InChI is InChI=1S/C18H18N2O4/c1-23-15-9-4-5-10-16(15)24-12-6-11-20-14-8-3-2-7-13(14)17(19-22)18(20)21/h2-5,7-10,22H,6,11-12H2,1H3/p+1. The van der Waals surface area contributed by atoms with Crippen molar-refractivity contribution in [1.29, 1.82) is 0 Å². The molecule has 6 heteroatoms. The maximum Gasteiger partial charge on any atom is 0.372 e. The van der Waals surface area contributed by atoms with Crippen LogP contribution in [-0.2, 0) is 4.79 Å². The van der Waals surface area contributed by atoms with Crippen LogP contribution in [0, 0.1) is 0 Å². The molecule has 1 atom stereocenters. The Labute approximate surface area is 139 Å². The van der Waals surface area contributed by atoms with E-state index in [1.54, 1.807) is 13.2 Å². The van der Waals surface area contributed by atoms with Crippen LogP contribution in [0.5, 0.6) is 11.5 Å². The normalized spacial score (nSPS) is 17.8. The van der Waals surface area contributed by atoms with Crippen molar-refractivity contribution in [2.24, 2.45) is 5.16 Å². The summed E-state index contributed by atoms with van der Waals surface area (Å²) in [5, 5.41) is 12.3. The first kappa shape index (κ1) is 16.0. The lowest BCUT2D eigenvalue weighted by atomic mass is 10.1. The van der Waals surface area contributed by atoms with Gasteiger partial charge in [0.25, 0.3) is 0 Å². The summed E-state index contributed by atoms with van der Waals surface area (Å²) in [7, 11) is 1.60. The minimum absolute atomic E-state index is 0.117. The fourth-order valence-electron chi connectivity index (χ4n) is 2.86. The van der Waals surface area contributed by atoms with Crippen molar-refractivity contribution in [2.45, 2.75) is 6.42 Å². The number of rotatable bonds is 6. The number of hydrogen-bond acceptors (Lipinski definition) is 5. The predicted molar refractivity (Wildman–Crippen MR) is 88.4 cm³/mol. The van der Waals surface area contributed by atoms with Gasteiger partial charge in [-0.2, -0.15) is 0 Å². The van der Waals surface area contributed by atoms with Gasteiger partial charge in [0.1, 0.15) is 5.69 Å². The number of oxime groups is 1. The Hall–Kier alpha value is -2.86. The topological polar surface area (TPSA) is 72.6 Å². The van der Waals surface area contributed by atoms with E-state index in [9.17, 15) is 4.79 Å². The Balaban J connectivity index is 1.62. The van der Waals surface area contributed by atoms with Gasteiger partial charge in [-0.1, -0.05) is 29.4 Å². The molecule has 24 heavy (non-hydrogen) atoms. The van der Waals surface area contributed by atoms with E-state index in [1.165, 1.54) is 0 Å². The van der Waals surface area contributed by atoms with Crippen LogP contribution in [-0.4, -0.2) is 37.1 Å². The number of nitrogens with one attached hydrogen (secondary N) is 1. The predicted octanol–water partition coefficient (Wildman–Crippen LogP) is 1.40. The van der Waals surface area contributed by atoms with Crippen LogP contribution in [0.3, 0.4) is 0 Å². The van der Waals surface area contributed by atoms with Crippen molar-refractivity contribution in [3.05, 3.63) is 54.1 Å². The van der Waals surface area contributed by atoms with Gasteiger partial charge in [-0.3, -0.25) is 0 Å². The van der Waals surface area contributed by atoms with Gasteiger partial charge in [0.05, 0.1) is 25.8 Å². The second-order valence-electron chi connectivity index (χ2n) is 5.40. The van der Waals surface area contributed by atoms with Crippen molar-refractivity contribution in [3.8, 4) is 11.5 Å². The molecule has 124 valence electrons. The van der Waals surface area contributed by atoms with Crippen molar-refractivity contribution in [2.75, 3.05) is 20.3 Å². The first-order valence-electron chi connectivity index (χ1n) is 7.74. The average Bonchev–Trinajstić information content (AvgIpc) is 2.90. The lowest BCUT2D eigenvalue weighted by molar-refractivity contribution is -0.742. The van der Waals surface area contributed by atoms with E-state index in [2.05, 4.69) is 5.16 Å². The number of methoxy groups -OCH3 is 1. The first-order chi connectivity index (χ1) is 11.8. The SMILES string of the molecule is COc1ccccc1OCCC[NH+]1C(=O)C(=NO)c2ccccc21. The van der Waals surface area contributed by atoms with E-state index < -0.39 is 0 Å². The number of para-hydroxylation sites is 3. The molecule has 0 aliphatic carbocycles. The third-order valence-corrected chi connectivity index (χ3v) is 3.99. The van der Waals surface area contributed by atoms with Crippen molar-refractivity contribution in [3.63, 3.8) is 0 Å². The molecule has 1 unspecified atom stereocenters. The van der Waals surface area contributed by atoms with Gasteiger partial charge < -0.3 is 14.7 Å². The molecule has 2 N–H and O–H groups in total. The molecule has 1 amide bonds. The molecule has 2 aromatic rings. The fourth-order valence-corrected chi connectivity index (χ4v) is 2.86. The number of quaternary nitrogens is 1. The number of hydrogen-bond donors (Lipinski definition) is 2. The molecule has 1 aliphatic heterocycles. The summed E-state index contributed by atoms with van der Waals surface area (Å²) in [5.41, 5.74) is 1.64. The second kappa shape index (κ2) is 7.14. The molecule has 0 bridgehead atoms. The fraction of sp³-hybridized carbons (Fsp3) is 0.222. The van der Waals surface area contributed by atoms with Gasteiger partial charge in [0, 0.05) is 12.5 Å². The quantitative estimate of drug-likeness (QED) is 0.478. The highest BCUT2D eigenvalue weighted by atomic mass is 16.5. The molecule has 3 rings (SSSR count). The van der Waals surface area contributed by atoms with E-state index in [4.69, 9.17) is 14.7 Å². The lowest BCUT2D eigenvalue weighted by Crippen LogP contribution is -3.09. The third-order valence-electron chi connectivity index (χ3n) is 3.99. The van der Waals surface area contributed by atoms with Crippen molar-refractivity contribution >= 4 is 17.3 Å². The van der Waals surface area contributed by atoms with Crippen LogP contribution in [0.25, 0.3) is 0 Å². The summed E-state index contributed by atoms with van der Waals surface area (Å²) >= 11 is 0. The second-order valence-corrected chi connectivity index (χ2v) is 5.40.